The van der Waals surface area contributed by atoms with Crippen LogP contribution in [0.15, 0.2) is 54.6 Å². The number of aromatic nitrogens is 2. The Morgan fingerprint density at radius 3 is 2.25 bits per heavy atom. The number of piperazine rings is 1. The van der Waals surface area contributed by atoms with E-state index in [9.17, 15) is 9.59 Å². The average molecular weight is 489 g/mol. The van der Waals surface area contributed by atoms with Crippen LogP contribution < -0.4 is 10.6 Å². The van der Waals surface area contributed by atoms with E-state index in [1.165, 1.54) is 0 Å². The SMILES string of the molecule is CCc1ccccc1NC(=O)CN1CCN(CCC(=O)Nc2c(C)nn(-c3ccccc3)c2C)CC1. The molecule has 1 aliphatic rings. The van der Waals surface area contributed by atoms with Crippen molar-refractivity contribution in [3.8, 4) is 5.69 Å². The van der Waals surface area contributed by atoms with Gasteiger partial charge in [0.2, 0.25) is 11.8 Å². The highest BCUT2D eigenvalue weighted by molar-refractivity contribution is 5.93. The number of hydrogen-bond donors (Lipinski definition) is 2. The molecule has 1 aromatic heterocycles. The van der Waals surface area contributed by atoms with Crippen LogP contribution in [0.4, 0.5) is 11.4 Å². The van der Waals surface area contributed by atoms with Gasteiger partial charge >= 0.3 is 0 Å². The van der Waals surface area contributed by atoms with E-state index in [-0.39, 0.29) is 11.8 Å². The van der Waals surface area contributed by atoms with E-state index in [0.717, 1.165) is 66.6 Å². The van der Waals surface area contributed by atoms with E-state index in [1.54, 1.807) is 0 Å². The molecule has 1 saturated heterocycles. The minimum absolute atomic E-state index is 0.00907. The number of amides is 2. The first-order valence-corrected chi connectivity index (χ1v) is 12.7. The van der Waals surface area contributed by atoms with Crippen LogP contribution in [0.25, 0.3) is 5.69 Å². The van der Waals surface area contributed by atoms with Crippen molar-refractivity contribution in [2.75, 3.05) is 49.9 Å². The molecule has 4 rings (SSSR count). The van der Waals surface area contributed by atoms with Gasteiger partial charge < -0.3 is 15.5 Å². The third kappa shape index (κ3) is 6.38. The number of aryl methyl sites for hydroxylation is 2. The molecular formula is C28H36N6O2. The number of carbonyl (C=O) groups is 2. The molecular weight excluding hydrogens is 452 g/mol. The fraction of sp³-hybridized carbons (Fsp3) is 0.393. The second-order valence-corrected chi connectivity index (χ2v) is 9.27. The second kappa shape index (κ2) is 12.0. The van der Waals surface area contributed by atoms with Crippen molar-refractivity contribution in [2.45, 2.75) is 33.6 Å². The summed E-state index contributed by atoms with van der Waals surface area (Å²) in [6.45, 7) is 10.4. The van der Waals surface area contributed by atoms with Gasteiger partial charge in [-0.15, -0.1) is 0 Å². The summed E-state index contributed by atoms with van der Waals surface area (Å²) in [7, 11) is 0. The Morgan fingerprint density at radius 1 is 0.861 bits per heavy atom. The molecule has 0 aliphatic carbocycles. The fourth-order valence-corrected chi connectivity index (χ4v) is 4.62. The summed E-state index contributed by atoms with van der Waals surface area (Å²) in [5.41, 5.74) is 5.52. The van der Waals surface area contributed by atoms with Crippen molar-refractivity contribution in [1.82, 2.24) is 19.6 Å². The van der Waals surface area contributed by atoms with Crippen LogP contribution in [-0.4, -0.2) is 70.7 Å². The lowest BCUT2D eigenvalue weighted by Crippen LogP contribution is -2.49. The van der Waals surface area contributed by atoms with Crippen molar-refractivity contribution >= 4 is 23.2 Å². The average Bonchev–Trinajstić information content (AvgIpc) is 3.17. The van der Waals surface area contributed by atoms with Crippen LogP contribution in [0, 0.1) is 13.8 Å². The van der Waals surface area contributed by atoms with Gasteiger partial charge in [0, 0.05) is 44.8 Å². The number of nitrogens with zero attached hydrogens (tertiary/aromatic N) is 4. The largest absolute Gasteiger partial charge is 0.325 e. The summed E-state index contributed by atoms with van der Waals surface area (Å²) >= 11 is 0. The molecule has 36 heavy (non-hydrogen) atoms. The van der Waals surface area contributed by atoms with Crippen molar-refractivity contribution in [2.24, 2.45) is 0 Å². The van der Waals surface area contributed by atoms with Crippen LogP contribution in [0.3, 0.4) is 0 Å². The standard InChI is InChI=1S/C28H36N6O2/c1-4-23-10-8-9-13-25(23)29-27(36)20-33-18-16-32(17-19-33)15-14-26(35)30-28-21(2)31-34(22(28)3)24-11-6-5-7-12-24/h5-13H,4,14-20H2,1-3H3,(H,29,36)(H,30,35). The molecule has 190 valence electrons. The first-order chi connectivity index (χ1) is 17.4. The Bertz CT molecular complexity index is 1180. The van der Waals surface area contributed by atoms with Gasteiger partial charge in [0.05, 0.1) is 29.3 Å². The Kier molecular flexibility index (Phi) is 8.51. The van der Waals surface area contributed by atoms with Gasteiger partial charge in [0.1, 0.15) is 0 Å². The summed E-state index contributed by atoms with van der Waals surface area (Å²) in [6.07, 6.45) is 1.31. The normalized spacial score (nSPS) is 14.5. The molecule has 0 bridgehead atoms. The molecule has 1 aliphatic heterocycles. The Balaban J connectivity index is 1.21. The number of hydrogen-bond acceptors (Lipinski definition) is 5. The van der Waals surface area contributed by atoms with Gasteiger partial charge in [-0.05, 0) is 44.0 Å². The first-order valence-electron chi connectivity index (χ1n) is 12.7. The third-order valence-corrected chi connectivity index (χ3v) is 6.72. The Hall–Kier alpha value is -3.49. The van der Waals surface area contributed by atoms with Crippen LogP contribution in [0.5, 0.6) is 0 Å². The molecule has 0 spiro atoms. The minimum Gasteiger partial charge on any atom is -0.325 e. The zero-order valence-corrected chi connectivity index (χ0v) is 21.5. The molecule has 2 N–H and O–H groups in total. The number of rotatable bonds is 9. The lowest BCUT2D eigenvalue weighted by Gasteiger charge is -2.34. The quantitative estimate of drug-likeness (QED) is 0.481. The van der Waals surface area contributed by atoms with Crippen molar-refractivity contribution < 1.29 is 9.59 Å². The molecule has 0 atom stereocenters. The molecule has 1 fully saturated rings. The van der Waals surface area contributed by atoms with E-state index in [2.05, 4.69) is 32.5 Å². The maximum Gasteiger partial charge on any atom is 0.238 e. The highest BCUT2D eigenvalue weighted by Crippen LogP contribution is 2.23. The molecule has 2 aromatic carbocycles. The van der Waals surface area contributed by atoms with Crippen molar-refractivity contribution in [1.29, 1.82) is 0 Å². The number of nitrogens with one attached hydrogen (secondary N) is 2. The van der Waals surface area contributed by atoms with Crippen LogP contribution in [0.2, 0.25) is 0 Å². The first kappa shape index (κ1) is 25.6. The molecule has 0 saturated carbocycles. The number of benzene rings is 2. The predicted molar refractivity (Wildman–Crippen MR) is 144 cm³/mol. The monoisotopic (exact) mass is 488 g/mol. The molecule has 8 heteroatoms. The smallest absolute Gasteiger partial charge is 0.238 e. The van der Waals surface area contributed by atoms with Gasteiger partial charge in [-0.2, -0.15) is 5.10 Å². The van der Waals surface area contributed by atoms with E-state index < -0.39 is 0 Å². The molecule has 2 heterocycles. The molecule has 2 amide bonds. The van der Waals surface area contributed by atoms with Gasteiger partial charge in [0.25, 0.3) is 0 Å². The topological polar surface area (TPSA) is 82.5 Å². The zero-order chi connectivity index (χ0) is 25.5. The highest BCUT2D eigenvalue weighted by Gasteiger charge is 2.21. The summed E-state index contributed by atoms with van der Waals surface area (Å²) in [5, 5.41) is 10.7. The second-order valence-electron chi connectivity index (χ2n) is 9.27. The Labute approximate surface area is 213 Å². The predicted octanol–water partition coefficient (Wildman–Crippen LogP) is 3.64. The summed E-state index contributed by atoms with van der Waals surface area (Å²) in [4.78, 5) is 29.7. The molecule has 8 nitrogen and oxygen atoms in total. The van der Waals surface area contributed by atoms with Crippen LogP contribution in [-0.2, 0) is 16.0 Å². The van der Waals surface area contributed by atoms with E-state index in [1.807, 2.05) is 73.1 Å². The van der Waals surface area contributed by atoms with Crippen molar-refractivity contribution in [3.05, 3.63) is 71.5 Å². The van der Waals surface area contributed by atoms with Gasteiger partial charge in [-0.25, -0.2) is 4.68 Å². The van der Waals surface area contributed by atoms with E-state index in [4.69, 9.17) is 0 Å². The van der Waals surface area contributed by atoms with Gasteiger partial charge in [0.15, 0.2) is 0 Å². The van der Waals surface area contributed by atoms with Crippen molar-refractivity contribution in [3.63, 3.8) is 0 Å². The number of anilines is 2. The summed E-state index contributed by atoms with van der Waals surface area (Å²) in [5.74, 6) is 0.00993. The maximum absolute atomic E-state index is 12.7. The molecule has 3 aromatic rings. The van der Waals surface area contributed by atoms with Crippen LogP contribution >= 0.6 is 0 Å². The maximum atomic E-state index is 12.7. The number of carbonyl (C=O) groups excluding carboxylic acids is 2. The lowest BCUT2D eigenvalue weighted by atomic mass is 10.1. The zero-order valence-electron chi connectivity index (χ0n) is 21.5. The Morgan fingerprint density at radius 2 is 1.53 bits per heavy atom. The van der Waals surface area contributed by atoms with E-state index >= 15 is 0 Å². The number of para-hydroxylation sites is 2. The van der Waals surface area contributed by atoms with Gasteiger partial charge in [-0.3, -0.25) is 14.5 Å². The van der Waals surface area contributed by atoms with E-state index in [0.29, 0.717) is 19.5 Å². The molecule has 0 radical (unpaired) electrons. The summed E-state index contributed by atoms with van der Waals surface area (Å²) < 4.78 is 1.86. The molecule has 0 unspecified atom stereocenters. The summed E-state index contributed by atoms with van der Waals surface area (Å²) in [6, 6.07) is 17.9. The fourth-order valence-electron chi connectivity index (χ4n) is 4.62. The minimum atomic E-state index is -0.00907. The highest BCUT2D eigenvalue weighted by atomic mass is 16.2. The van der Waals surface area contributed by atoms with Gasteiger partial charge in [-0.1, -0.05) is 43.3 Å². The lowest BCUT2D eigenvalue weighted by molar-refractivity contribution is -0.117. The van der Waals surface area contributed by atoms with Crippen LogP contribution in [0.1, 0.15) is 30.3 Å². The third-order valence-electron chi connectivity index (χ3n) is 6.72.